The van der Waals surface area contributed by atoms with E-state index in [1.807, 2.05) is 0 Å². The lowest BCUT2D eigenvalue weighted by molar-refractivity contribution is 0.581. The molecule has 2 unspecified atom stereocenters. The van der Waals surface area contributed by atoms with Crippen molar-refractivity contribution in [3.8, 4) is 0 Å². The summed E-state index contributed by atoms with van der Waals surface area (Å²) in [5.74, 6) is 0. The van der Waals surface area contributed by atoms with Crippen LogP contribution in [0.15, 0.2) is 30.3 Å². The Morgan fingerprint density at radius 3 is 2.92 bits per heavy atom. The molecule has 1 aliphatic carbocycles. The van der Waals surface area contributed by atoms with Crippen LogP contribution in [-0.2, 0) is 0 Å². The number of anilines is 1. The number of nitrogens with zero attached hydrogens (tertiary/aromatic N) is 1. The molecule has 2 fully saturated rings. The SMILES string of the molecule is c1ccc(N2CCNC3CC32)cc1. The quantitative estimate of drug-likeness (QED) is 0.689. The molecule has 2 aliphatic rings. The molecule has 1 N–H and O–H groups in total. The van der Waals surface area contributed by atoms with Gasteiger partial charge in [0.1, 0.15) is 0 Å². The van der Waals surface area contributed by atoms with Crippen molar-refractivity contribution in [2.24, 2.45) is 0 Å². The third-order valence-electron chi connectivity index (χ3n) is 3.00. The second kappa shape index (κ2) is 2.74. The predicted molar refractivity (Wildman–Crippen MR) is 54.0 cm³/mol. The van der Waals surface area contributed by atoms with Crippen molar-refractivity contribution in [2.45, 2.75) is 18.5 Å². The van der Waals surface area contributed by atoms with E-state index >= 15 is 0 Å². The fraction of sp³-hybridized carbons (Fsp3) is 0.455. The summed E-state index contributed by atoms with van der Waals surface area (Å²) < 4.78 is 0. The van der Waals surface area contributed by atoms with E-state index in [1.165, 1.54) is 12.1 Å². The Kier molecular flexibility index (Phi) is 1.56. The van der Waals surface area contributed by atoms with Crippen LogP contribution in [0.2, 0.25) is 0 Å². The van der Waals surface area contributed by atoms with E-state index in [1.54, 1.807) is 0 Å². The molecule has 68 valence electrons. The molecule has 2 heteroatoms. The molecule has 3 rings (SSSR count). The van der Waals surface area contributed by atoms with Crippen LogP contribution in [0, 0.1) is 0 Å². The van der Waals surface area contributed by atoms with E-state index in [9.17, 15) is 0 Å². The summed E-state index contributed by atoms with van der Waals surface area (Å²) in [6.45, 7) is 2.29. The summed E-state index contributed by atoms with van der Waals surface area (Å²) in [7, 11) is 0. The molecule has 1 saturated carbocycles. The molecule has 1 aromatic rings. The molecular formula is C11H14N2. The van der Waals surface area contributed by atoms with Crippen LogP contribution in [0.5, 0.6) is 0 Å². The van der Waals surface area contributed by atoms with Crippen molar-refractivity contribution in [3.05, 3.63) is 30.3 Å². The summed E-state index contributed by atoms with van der Waals surface area (Å²) in [6.07, 6.45) is 1.33. The maximum atomic E-state index is 3.51. The van der Waals surface area contributed by atoms with Crippen LogP contribution in [0.25, 0.3) is 0 Å². The zero-order valence-corrected chi connectivity index (χ0v) is 7.61. The normalized spacial score (nSPS) is 31.2. The summed E-state index contributed by atoms with van der Waals surface area (Å²) >= 11 is 0. The van der Waals surface area contributed by atoms with E-state index < -0.39 is 0 Å². The van der Waals surface area contributed by atoms with Crippen molar-refractivity contribution in [2.75, 3.05) is 18.0 Å². The van der Waals surface area contributed by atoms with Crippen LogP contribution in [0.4, 0.5) is 5.69 Å². The third kappa shape index (κ3) is 1.22. The minimum absolute atomic E-state index is 0.772. The minimum atomic E-state index is 0.772. The first kappa shape index (κ1) is 7.39. The fourth-order valence-electron chi connectivity index (χ4n) is 2.22. The number of hydrogen-bond acceptors (Lipinski definition) is 2. The lowest BCUT2D eigenvalue weighted by Crippen LogP contribution is -2.43. The second-order valence-corrected chi connectivity index (χ2v) is 3.89. The van der Waals surface area contributed by atoms with Gasteiger partial charge in [0.15, 0.2) is 0 Å². The zero-order valence-electron chi connectivity index (χ0n) is 7.61. The molecule has 2 nitrogen and oxygen atoms in total. The highest BCUT2D eigenvalue weighted by molar-refractivity contribution is 5.50. The van der Waals surface area contributed by atoms with Gasteiger partial charge in [-0.05, 0) is 18.6 Å². The van der Waals surface area contributed by atoms with Gasteiger partial charge in [0.25, 0.3) is 0 Å². The molecule has 0 radical (unpaired) electrons. The van der Waals surface area contributed by atoms with Gasteiger partial charge >= 0.3 is 0 Å². The maximum Gasteiger partial charge on any atom is 0.0460 e. The predicted octanol–water partition coefficient (Wildman–Crippen LogP) is 1.24. The molecule has 13 heavy (non-hydrogen) atoms. The molecule has 2 atom stereocenters. The second-order valence-electron chi connectivity index (χ2n) is 3.89. The Morgan fingerprint density at radius 1 is 1.23 bits per heavy atom. The van der Waals surface area contributed by atoms with Crippen LogP contribution < -0.4 is 10.2 Å². The number of hydrogen-bond donors (Lipinski definition) is 1. The van der Waals surface area contributed by atoms with Crippen molar-refractivity contribution in [1.82, 2.24) is 5.32 Å². The Bertz CT molecular complexity index is 296. The molecule has 1 saturated heterocycles. The first-order chi connectivity index (χ1) is 6.45. The van der Waals surface area contributed by atoms with E-state index in [4.69, 9.17) is 0 Å². The number of para-hydroxylation sites is 1. The first-order valence-electron chi connectivity index (χ1n) is 5.00. The summed E-state index contributed by atoms with van der Waals surface area (Å²) in [4.78, 5) is 2.53. The Labute approximate surface area is 78.6 Å². The summed E-state index contributed by atoms with van der Waals surface area (Å²) in [6, 6.07) is 12.3. The fourth-order valence-corrected chi connectivity index (χ4v) is 2.22. The van der Waals surface area contributed by atoms with Crippen molar-refractivity contribution in [1.29, 1.82) is 0 Å². The van der Waals surface area contributed by atoms with Crippen molar-refractivity contribution >= 4 is 5.69 Å². The van der Waals surface area contributed by atoms with Gasteiger partial charge < -0.3 is 10.2 Å². The standard InChI is InChI=1S/C11H14N2/c1-2-4-9(5-3-1)13-7-6-12-10-8-11(10)13/h1-5,10-12H,6-8H2. The Morgan fingerprint density at radius 2 is 2.08 bits per heavy atom. The van der Waals surface area contributed by atoms with Gasteiger partial charge in [0, 0.05) is 30.9 Å². The molecule has 0 amide bonds. The first-order valence-corrected chi connectivity index (χ1v) is 5.00. The highest BCUT2D eigenvalue weighted by Crippen LogP contribution is 2.33. The zero-order chi connectivity index (χ0) is 8.67. The smallest absolute Gasteiger partial charge is 0.0460 e. The van der Waals surface area contributed by atoms with Gasteiger partial charge in [-0.25, -0.2) is 0 Å². The lowest BCUT2D eigenvalue weighted by atomic mass is 10.2. The molecular weight excluding hydrogens is 160 g/mol. The van der Waals surface area contributed by atoms with Gasteiger partial charge in [-0.3, -0.25) is 0 Å². The van der Waals surface area contributed by atoms with Crippen LogP contribution >= 0.6 is 0 Å². The molecule has 0 spiro atoms. The Hall–Kier alpha value is -1.02. The number of rotatable bonds is 1. The molecule has 1 heterocycles. The van der Waals surface area contributed by atoms with Gasteiger partial charge in [-0.15, -0.1) is 0 Å². The molecule has 1 aromatic carbocycles. The van der Waals surface area contributed by atoms with E-state index in [2.05, 4.69) is 40.5 Å². The topological polar surface area (TPSA) is 15.3 Å². The van der Waals surface area contributed by atoms with Gasteiger partial charge in [0.05, 0.1) is 0 Å². The highest BCUT2D eigenvalue weighted by atomic mass is 15.3. The number of piperazine rings is 1. The van der Waals surface area contributed by atoms with Gasteiger partial charge in [-0.1, -0.05) is 18.2 Å². The summed E-state index contributed by atoms with van der Waals surface area (Å²) in [5.41, 5.74) is 1.39. The third-order valence-corrected chi connectivity index (χ3v) is 3.00. The molecule has 0 aromatic heterocycles. The summed E-state index contributed by atoms with van der Waals surface area (Å²) in [5, 5.41) is 3.51. The molecule has 1 aliphatic heterocycles. The Balaban J connectivity index is 1.85. The highest BCUT2D eigenvalue weighted by Gasteiger charge is 2.44. The largest absolute Gasteiger partial charge is 0.366 e. The van der Waals surface area contributed by atoms with Crippen molar-refractivity contribution < 1.29 is 0 Å². The monoisotopic (exact) mass is 174 g/mol. The number of fused-ring (bicyclic) bond motifs is 1. The average molecular weight is 174 g/mol. The lowest BCUT2D eigenvalue weighted by Gasteiger charge is -2.29. The van der Waals surface area contributed by atoms with Gasteiger partial charge in [-0.2, -0.15) is 0 Å². The van der Waals surface area contributed by atoms with E-state index in [-0.39, 0.29) is 0 Å². The minimum Gasteiger partial charge on any atom is -0.366 e. The number of benzene rings is 1. The van der Waals surface area contributed by atoms with E-state index in [0.717, 1.165) is 25.2 Å². The van der Waals surface area contributed by atoms with Crippen LogP contribution in [0.1, 0.15) is 6.42 Å². The maximum absolute atomic E-state index is 3.51. The van der Waals surface area contributed by atoms with Crippen LogP contribution in [-0.4, -0.2) is 25.2 Å². The van der Waals surface area contributed by atoms with Crippen molar-refractivity contribution in [3.63, 3.8) is 0 Å². The average Bonchev–Trinajstić information content (AvgIpc) is 2.97. The number of nitrogens with one attached hydrogen (secondary N) is 1. The van der Waals surface area contributed by atoms with Gasteiger partial charge in [0.2, 0.25) is 0 Å². The molecule has 0 bridgehead atoms. The van der Waals surface area contributed by atoms with E-state index in [0.29, 0.717) is 0 Å². The van der Waals surface area contributed by atoms with Crippen LogP contribution in [0.3, 0.4) is 0 Å².